The van der Waals surface area contributed by atoms with Gasteiger partial charge in [0.25, 0.3) is 0 Å². The molecule has 4 rings (SSSR count). The summed E-state index contributed by atoms with van der Waals surface area (Å²) in [5.74, 6) is 1.19. The van der Waals surface area contributed by atoms with Gasteiger partial charge in [0.15, 0.2) is 0 Å². The van der Waals surface area contributed by atoms with E-state index in [4.69, 9.17) is 4.52 Å². The molecule has 26 heavy (non-hydrogen) atoms. The molecule has 7 heteroatoms. The second-order valence-corrected chi connectivity index (χ2v) is 8.10. The molecule has 1 aromatic carbocycles. The van der Waals surface area contributed by atoms with E-state index < -0.39 is 0 Å². The van der Waals surface area contributed by atoms with E-state index >= 15 is 0 Å². The van der Waals surface area contributed by atoms with Crippen LogP contribution in [0.3, 0.4) is 0 Å². The molecular formula is C19H18BrN3O2S. The second kappa shape index (κ2) is 7.32. The molecule has 0 radical (unpaired) electrons. The fourth-order valence-corrected chi connectivity index (χ4v) is 4.64. The molecule has 0 saturated carbocycles. The van der Waals surface area contributed by atoms with Gasteiger partial charge in [0.05, 0.1) is 0 Å². The van der Waals surface area contributed by atoms with Crippen molar-refractivity contribution in [1.82, 2.24) is 10.1 Å². The summed E-state index contributed by atoms with van der Waals surface area (Å²) in [6.07, 6.45) is 2.81. The zero-order valence-electron chi connectivity index (χ0n) is 14.4. The number of carbonyl (C=O) groups is 1. The highest BCUT2D eigenvalue weighted by molar-refractivity contribution is 9.10. The van der Waals surface area contributed by atoms with E-state index in [0.717, 1.165) is 40.7 Å². The van der Waals surface area contributed by atoms with Crippen molar-refractivity contribution in [3.8, 4) is 11.4 Å². The number of hydrogen-bond acceptors (Lipinski definition) is 5. The van der Waals surface area contributed by atoms with E-state index in [1.165, 1.54) is 5.56 Å². The summed E-state index contributed by atoms with van der Waals surface area (Å²) in [5.41, 5.74) is 4.37. The monoisotopic (exact) mass is 431 g/mol. The third-order valence-corrected chi connectivity index (χ3v) is 5.68. The molecule has 0 bridgehead atoms. The average molecular weight is 432 g/mol. The molecule has 3 heterocycles. The van der Waals surface area contributed by atoms with Gasteiger partial charge in [-0.15, -0.1) is 0 Å². The minimum absolute atomic E-state index is 0.103. The van der Waals surface area contributed by atoms with E-state index in [9.17, 15) is 4.79 Å². The summed E-state index contributed by atoms with van der Waals surface area (Å²) in [6.45, 7) is 2.82. The topological polar surface area (TPSA) is 59.2 Å². The third kappa shape index (κ3) is 3.46. The number of benzene rings is 1. The van der Waals surface area contributed by atoms with E-state index in [-0.39, 0.29) is 5.91 Å². The van der Waals surface area contributed by atoms with Gasteiger partial charge in [0, 0.05) is 40.5 Å². The maximum Gasteiger partial charge on any atom is 0.227 e. The van der Waals surface area contributed by atoms with Crippen LogP contribution in [0.25, 0.3) is 11.4 Å². The lowest BCUT2D eigenvalue weighted by molar-refractivity contribution is -0.118. The zero-order valence-corrected chi connectivity index (χ0v) is 16.8. The van der Waals surface area contributed by atoms with Crippen molar-refractivity contribution in [1.29, 1.82) is 0 Å². The predicted molar refractivity (Wildman–Crippen MR) is 105 cm³/mol. The molecule has 0 aliphatic carbocycles. The second-order valence-electron chi connectivity index (χ2n) is 6.40. The summed E-state index contributed by atoms with van der Waals surface area (Å²) in [4.78, 5) is 19.1. The van der Waals surface area contributed by atoms with Crippen molar-refractivity contribution in [2.75, 3.05) is 11.4 Å². The van der Waals surface area contributed by atoms with Crippen LogP contribution < -0.4 is 4.90 Å². The maximum absolute atomic E-state index is 12.8. The maximum atomic E-state index is 12.8. The lowest BCUT2D eigenvalue weighted by Crippen LogP contribution is -2.36. The van der Waals surface area contributed by atoms with Gasteiger partial charge in [-0.25, -0.2) is 0 Å². The zero-order chi connectivity index (χ0) is 18.1. The largest absolute Gasteiger partial charge is 0.339 e. The number of nitrogens with zero attached hydrogens (tertiary/aromatic N) is 3. The fraction of sp³-hybridized carbons (Fsp3) is 0.316. The number of halogens is 1. The lowest BCUT2D eigenvalue weighted by atomic mass is 9.98. The summed E-state index contributed by atoms with van der Waals surface area (Å²) in [7, 11) is 0. The Morgan fingerprint density at radius 3 is 3.12 bits per heavy atom. The minimum atomic E-state index is 0.103. The van der Waals surface area contributed by atoms with Crippen LogP contribution in [0.15, 0.2) is 38.0 Å². The number of carbonyl (C=O) groups excluding carboxylic acids is 1. The molecular weight excluding hydrogens is 414 g/mol. The molecule has 134 valence electrons. The molecule has 1 amide bonds. The molecule has 3 aromatic rings. The Labute approximate surface area is 164 Å². The van der Waals surface area contributed by atoms with E-state index in [1.54, 1.807) is 11.3 Å². The SMILES string of the molecule is Cc1cc(Br)cc2c1N(C(=O)CCc1nc(-c3ccsc3)no1)CCC2. The molecule has 5 nitrogen and oxygen atoms in total. The lowest BCUT2D eigenvalue weighted by Gasteiger charge is -2.31. The van der Waals surface area contributed by atoms with E-state index in [0.29, 0.717) is 24.6 Å². The number of amides is 1. The average Bonchev–Trinajstić information content (AvgIpc) is 3.30. The van der Waals surface area contributed by atoms with Crippen LogP contribution in [0, 0.1) is 6.92 Å². The van der Waals surface area contributed by atoms with Crippen molar-refractivity contribution in [2.45, 2.75) is 32.6 Å². The predicted octanol–water partition coefficient (Wildman–Crippen LogP) is 4.78. The molecule has 1 aliphatic heterocycles. The first-order chi connectivity index (χ1) is 12.6. The molecule has 0 fully saturated rings. The van der Waals surface area contributed by atoms with Crippen LogP contribution >= 0.6 is 27.3 Å². The number of hydrogen-bond donors (Lipinski definition) is 0. The smallest absolute Gasteiger partial charge is 0.227 e. The minimum Gasteiger partial charge on any atom is -0.339 e. The van der Waals surface area contributed by atoms with E-state index in [1.807, 2.05) is 21.7 Å². The van der Waals surface area contributed by atoms with Crippen molar-refractivity contribution in [3.63, 3.8) is 0 Å². The van der Waals surface area contributed by atoms with Gasteiger partial charge in [-0.1, -0.05) is 21.1 Å². The highest BCUT2D eigenvalue weighted by Gasteiger charge is 2.25. The Morgan fingerprint density at radius 2 is 2.31 bits per heavy atom. The van der Waals surface area contributed by atoms with Crippen LogP contribution in [-0.4, -0.2) is 22.6 Å². The number of aromatic nitrogens is 2. The first-order valence-electron chi connectivity index (χ1n) is 8.56. The Hall–Kier alpha value is -1.99. The summed E-state index contributed by atoms with van der Waals surface area (Å²) < 4.78 is 6.37. The Kier molecular flexibility index (Phi) is 4.91. The van der Waals surface area contributed by atoms with Gasteiger partial charge >= 0.3 is 0 Å². The quantitative estimate of drug-likeness (QED) is 0.596. The Morgan fingerprint density at radius 1 is 1.42 bits per heavy atom. The number of aryl methyl sites for hydroxylation is 3. The van der Waals surface area contributed by atoms with Crippen LogP contribution in [0.1, 0.15) is 29.9 Å². The van der Waals surface area contributed by atoms with Gasteiger partial charge < -0.3 is 9.42 Å². The van der Waals surface area contributed by atoms with Crippen LogP contribution in [0.4, 0.5) is 5.69 Å². The van der Waals surface area contributed by atoms with Crippen molar-refractivity contribution < 1.29 is 9.32 Å². The Bertz CT molecular complexity index is 936. The highest BCUT2D eigenvalue weighted by atomic mass is 79.9. The summed E-state index contributed by atoms with van der Waals surface area (Å²) >= 11 is 5.14. The van der Waals surface area contributed by atoms with Gasteiger partial charge in [0.2, 0.25) is 17.6 Å². The normalized spacial score (nSPS) is 13.7. The third-order valence-electron chi connectivity index (χ3n) is 4.54. The van der Waals surface area contributed by atoms with Crippen molar-refractivity contribution in [3.05, 3.63) is 50.4 Å². The van der Waals surface area contributed by atoms with Crippen molar-refractivity contribution >= 4 is 38.9 Å². The number of rotatable bonds is 4. The molecule has 2 aromatic heterocycles. The van der Waals surface area contributed by atoms with Gasteiger partial charge in [-0.3, -0.25) is 4.79 Å². The number of thiophene rings is 1. The molecule has 0 spiro atoms. The van der Waals surface area contributed by atoms with E-state index in [2.05, 4.69) is 45.1 Å². The molecule has 0 atom stereocenters. The first-order valence-corrected chi connectivity index (χ1v) is 10.3. The molecule has 0 saturated heterocycles. The molecule has 0 unspecified atom stereocenters. The van der Waals surface area contributed by atoms with Gasteiger partial charge in [-0.2, -0.15) is 16.3 Å². The highest BCUT2D eigenvalue weighted by Crippen LogP contribution is 2.34. The first kappa shape index (κ1) is 17.4. The Balaban J connectivity index is 1.47. The summed E-state index contributed by atoms with van der Waals surface area (Å²) in [5, 5.41) is 7.95. The van der Waals surface area contributed by atoms with Gasteiger partial charge in [0.1, 0.15) is 0 Å². The van der Waals surface area contributed by atoms with Crippen LogP contribution in [0.2, 0.25) is 0 Å². The van der Waals surface area contributed by atoms with Gasteiger partial charge in [-0.05, 0) is 54.5 Å². The summed E-state index contributed by atoms with van der Waals surface area (Å²) in [6, 6.07) is 6.14. The number of anilines is 1. The fourth-order valence-electron chi connectivity index (χ4n) is 3.38. The number of fused-ring (bicyclic) bond motifs is 1. The van der Waals surface area contributed by atoms with Crippen molar-refractivity contribution in [2.24, 2.45) is 0 Å². The van der Waals surface area contributed by atoms with Crippen LogP contribution in [-0.2, 0) is 17.6 Å². The molecule has 1 aliphatic rings. The van der Waals surface area contributed by atoms with Crippen LogP contribution in [0.5, 0.6) is 0 Å². The molecule has 0 N–H and O–H groups in total. The standard InChI is InChI=1S/C19H18BrN3O2S/c1-12-9-15(20)10-13-3-2-7-23(18(12)13)17(24)5-4-16-21-19(22-25-16)14-6-8-26-11-14/h6,8-11H,2-5,7H2,1H3.